The molecule has 0 aliphatic carbocycles. The molecule has 1 aliphatic heterocycles. The number of guanidine groups is 1. The van der Waals surface area contributed by atoms with Gasteiger partial charge in [-0.15, -0.1) is 24.0 Å². The molecule has 1 atom stereocenters. The van der Waals surface area contributed by atoms with Crippen LogP contribution in [0.25, 0.3) is 0 Å². The summed E-state index contributed by atoms with van der Waals surface area (Å²) in [7, 11) is 8.11. The summed E-state index contributed by atoms with van der Waals surface area (Å²) in [4.78, 5) is 4.30. The minimum Gasteiger partial charge on any atom is -0.496 e. The third-order valence-corrected chi connectivity index (χ3v) is 4.90. The maximum Gasteiger partial charge on any atom is 0.203 e. The molecule has 2 N–H and O–H groups in total. The second-order valence-electron chi connectivity index (χ2n) is 6.87. The molecule has 31 heavy (non-hydrogen) atoms. The number of hydrogen-bond acceptors (Lipinski definition) is 6. The van der Waals surface area contributed by atoms with Crippen LogP contribution < -0.4 is 34.3 Å². The summed E-state index contributed by atoms with van der Waals surface area (Å²) in [5, 5.41) is 6.55. The van der Waals surface area contributed by atoms with E-state index >= 15 is 0 Å². The molecule has 1 unspecified atom stereocenters. The van der Waals surface area contributed by atoms with E-state index < -0.39 is 0 Å². The number of halogens is 1. The fourth-order valence-corrected chi connectivity index (χ4v) is 3.46. The molecule has 0 saturated carbocycles. The fourth-order valence-electron chi connectivity index (χ4n) is 3.46. The highest BCUT2D eigenvalue weighted by Crippen LogP contribution is 2.40. The zero-order chi connectivity index (χ0) is 21.7. The Hall–Kier alpha value is -2.56. The highest BCUT2D eigenvalue weighted by atomic mass is 127. The minimum atomic E-state index is 0. The van der Waals surface area contributed by atoms with Gasteiger partial charge >= 0.3 is 0 Å². The van der Waals surface area contributed by atoms with Crippen LogP contribution in [0, 0.1) is 0 Å². The molecule has 0 bridgehead atoms. The Morgan fingerprint density at radius 3 is 2.19 bits per heavy atom. The Kier molecular flexibility index (Phi) is 8.90. The van der Waals surface area contributed by atoms with Crippen molar-refractivity contribution in [3.05, 3.63) is 35.4 Å². The lowest BCUT2D eigenvalue weighted by atomic mass is 10.1. The minimum absolute atomic E-state index is 0. The van der Waals surface area contributed by atoms with Crippen molar-refractivity contribution in [2.75, 3.05) is 40.8 Å². The predicted molar refractivity (Wildman–Crippen MR) is 132 cm³/mol. The molecule has 8 nitrogen and oxygen atoms in total. The molecule has 0 spiro atoms. The third-order valence-electron chi connectivity index (χ3n) is 4.90. The van der Waals surface area contributed by atoms with E-state index in [1.807, 2.05) is 24.3 Å². The smallest absolute Gasteiger partial charge is 0.203 e. The number of methoxy groups -OCH3 is 4. The first kappa shape index (κ1) is 24.7. The van der Waals surface area contributed by atoms with Gasteiger partial charge in [-0.25, -0.2) is 0 Å². The lowest BCUT2D eigenvalue weighted by molar-refractivity contribution is 0.254. The lowest BCUT2D eigenvalue weighted by Gasteiger charge is -2.17. The van der Waals surface area contributed by atoms with Gasteiger partial charge in [0, 0.05) is 49.0 Å². The van der Waals surface area contributed by atoms with Crippen LogP contribution in [0.15, 0.2) is 29.3 Å². The predicted octanol–water partition coefficient (Wildman–Crippen LogP) is 3.85. The molecule has 1 heterocycles. The summed E-state index contributed by atoms with van der Waals surface area (Å²) in [6, 6.07) is 7.71. The highest BCUT2D eigenvalue weighted by Gasteiger charge is 2.22. The Balaban J connectivity index is 0.00000341. The van der Waals surface area contributed by atoms with E-state index in [4.69, 9.17) is 23.7 Å². The van der Waals surface area contributed by atoms with E-state index in [-0.39, 0.29) is 30.1 Å². The normalized spacial score (nSPS) is 14.6. The van der Waals surface area contributed by atoms with Gasteiger partial charge in [-0.1, -0.05) is 0 Å². The molecule has 3 rings (SSSR count). The van der Waals surface area contributed by atoms with Crippen LogP contribution in [0.1, 0.15) is 18.1 Å². The summed E-state index contributed by atoms with van der Waals surface area (Å²) in [6.45, 7) is 2.58. The van der Waals surface area contributed by atoms with Gasteiger partial charge in [-0.3, -0.25) is 4.99 Å². The van der Waals surface area contributed by atoms with Crippen molar-refractivity contribution in [3.8, 4) is 28.7 Å². The Labute approximate surface area is 200 Å². The van der Waals surface area contributed by atoms with Gasteiger partial charge < -0.3 is 34.3 Å². The van der Waals surface area contributed by atoms with Crippen LogP contribution in [0.5, 0.6) is 28.7 Å². The van der Waals surface area contributed by atoms with Crippen molar-refractivity contribution in [2.45, 2.75) is 26.0 Å². The third kappa shape index (κ3) is 5.57. The maximum absolute atomic E-state index is 5.88. The second-order valence-corrected chi connectivity index (χ2v) is 6.87. The second kappa shape index (κ2) is 11.2. The summed E-state index contributed by atoms with van der Waals surface area (Å²) in [5.74, 6) is 3.96. The Morgan fingerprint density at radius 2 is 1.65 bits per heavy atom. The number of anilines is 1. The number of aliphatic imine (C=N–C) groups is 1. The van der Waals surface area contributed by atoms with Crippen LogP contribution in [0.3, 0.4) is 0 Å². The number of nitrogens with one attached hydrogen (secondary N) is 2. The SMILES string of the molecule is CN=C(NCc1cc2c(cc1OC)CC(C)O2)Nc1cc(OC)c(OC)c(OC)c1.I. The van der Waals surface area contributed by atoms with Gasteiger partial charge in [0.2, 0.25) is 5.75 Å². The zero-order valence-corrected chi connectivity index (χ0v) is 21.0. The number of hydrogen-bond donors (Lipinski definition) is 2. The maximum atomic E-state index is 5.88. The quantitative estimate of drug-likeness (QED) is 0.312. The van der Waals surface area contributed by atoms with Gasteiger partial charge in [0.15, 0.2) is 17.5 Å². The molecule has 2 aromatic carbocycles. The molecule has 170 valence electrons. The van der Waals surface area contributed by atoms with Crippen LogP contribution in [-0.4, -0.2) is 47.6 Å². The van der Waals surface area contributed by atoms with Gasteiger partial charge in [0.1, 0.15) is 17.6 Å². The summed E-state index contributed by atoms with van der Waals surface area (Å²) >= 11 is 0. The van der Waals surface area contributed by atoms with E-state index in [1.54, 1.807) is 35.5 Å². The first-order valence-electron chi connectivity index (χ1n) is 9.67. The standard InChI is InChI=1S/C22H29N3O5.HI/c1-13-7-14-8-17(26-3)15(9-18(14)30-13)12-24-22(23-2)25-16-10-19(27-4)21(29-6)20(11-16)28-5;/h8-11,13H,7,12H2,1-6H3,(H2,23,24,25);1H. The van der Waals surface area contributed by atoms with Crippen molar-refractivity contribution in [1.82, 2.24) is 5.32 Å². The molecule has 0 fully saturated rings. The summed E-state index contributed by atoms with van der Waals surface area (Å²) < 4.78 is 27.6. The molecule has 9 heteroatoms. The van der Waals surface area contributed by atoms with Crippen LogP contribution in [0.2, 0.25) is 0 Å². The van der Waals surface area contributed by atoms with Crippen molar-refractivity contribution in [1.29, 1.82) is 0 Å². The molecule has 1 aliphatic rings. The van der Waals surface area contributed by atoms with Gasteiger partial charge in [-0.05, 0) is 19.1 Å². The van der Waals surface area contributed by atoms with Gasteiger partial charge in [0.05, 0.1) is 28.4 Å². The van der Waals surface area contributed by atoms with E-state index in [9.17, 15) is 0 Å². The lowest BCUT2D eigenvalue weighted by Crippen LogP contribution is -2.30. The number of fused-ring (bicyclic) bond motifs is 1. The van der Waals surface area contributed by atoms with Crippen molar-refractivity contribution < 1.29 is 23.7 Å². The van der Waals surface area contributed by atoms with Crippen molar-refractivity contribution >= 4 is 35.6 Å². The summed E-state index contributed by atoms with van der Waals surface area (Å²) in [5.41, 5.74) is 2.90. The van der Waals surface area contributed by atoms with Gasteiger partial charge in [-0.2, -0.15) is 0 Å². The van der Waals surface area contributed by atoms with Crippen LogP contribution >= 0.6 is 24.0 Å². The van der Waals surface area contributed by atoms with E-state index in [1.165, 1.54) is 5.56 Å². The van der Waals surface area contributed by atoms with E-state index in [0.717, 1.165) is 29.2 Å². The highest BCUT2D eigenvalue weighted by molar-refractivity contribution is 14.0. The van der Waals surface area contributed by atoms with E-state index in [0.29, 0.717) is 29.8 Å². The molecule has 2 aromatic rings. The molecular formula is C22H30IN3O5. The molecule has 0 radical (unpaired) electrons. The first-order chi connectivity index (χ1) is 14.5. The van der Waals surface area contributed by atoms with Crippen molar-refractivity contribution in [3.63, 3.8) is 0 Å². The zero-order valence-electron chi connectivity index (χ0n) is 18.7. The van der Waals surface area contributed by atoms with Gasteiger partial charge in [0.25, 0.3) is 0 Å². The number of ether oxygens (including phenoxy) is 5. The van der Waals surface area contributed by atoms with Crippen LogP contribution in [0.4, 0.5) is 5.69 Å². The molecule has 0 aromatic heterocycles. The molecule has 0 amide bonds. The average molecular weight is 543 g/mol. The average Bonchev–Trinajstić information content (AvgIpc) is 3.13. The van der Waals surface area contributed by atoms with E-state index in [2.05, 4.69) is 22.5 Å². The van der Waals surface area contributed by atoms with Crippen molar-refractivity contribution in [2.24, 2.45) is 4.99 Å². The first-order valence-corrected chi connectivity index (χ1v) is 9.67. The Morgan fingerprint density at radius 1 is 1.00 bits per heavy atom. The monoisotopic (exact) mass is 543 g/mol. The number of rotatable bonds is 7. The number of benzene rings is 2. The topological polar surface area (TPSA) is 82.6 Å². The number of nitrogens with zero attached hydrogens (tertiary/aromatic N) is 1. The Bertz CT molecular complexity index is 911. The summed E-state index contributed by atoms with van der Waals surface area (Å²) in [6.07, 6.45) is 1.08. The largest absolute Gasteiger partial charge is 0.496 e. The van der Waals surface area contributed by atoms with Crippen LogP contribution in [-0.2, 0) is 13.0 Å². The molecular weight excluding hydrogens is 513 g/mol. The fraction of sp³-hybridized carbons (Fsp3) is 0.409. The molecule has 0 saturated heterocycles.